The van der Waals surface area contributed by atoms with Crippen LogP contribution in [0, 0.1) is 6.92 Å². The summed E-state index contributed by atoms with van der Waals surface area (Å²) >= 11 is 1.37. The molecule has 0 aliphatic rings. The maximum atomic E-state index is 10.2. The molecule has 0 fully saturated rings. The van der Waals surface area contributed by atoms with Crippen molar-refractivity contribution in [2.45, 2.75) is 18.2 Å². The molecule has 0 bridgehead atoms. The predicted molar refractivity (Wildman–Crippen MR) is 99.1 cm³/mol. The number of thioether (sulfide) groups is 1. The van der Waals surface area contributed by atoms with Crippen molar-refractivity contribution in [1.82, 2.24) is 20.2 Å². The molecule has 0 unspecified atom stereocenters. The van der Waals surface area contributed by atoms with E-state index >= 15 is 0 Å². The summed E-state index contributed by atoms with van der Waals surface area (Å²) in [6.45, 7) is 2.21. The molecule has 1 aromatic heterocycles. The van der Waals surface area contributed by atoms with Crippen LogP contribution in [0.3, 0.4) is 0 Å². The van der Waals surface area contributed by atoms with Crippen LogP contribution in [0.1, 0.15) is 5.56 Å². The Balaban J connectivity index is 1.55. The van der Waals surface area contributed by atoms with Crippen molar-refractivity contribution in [2.75, 3.05) is 19.5 Å². The van der Waals surface area contributed by atoms with Crippen molar-refractivity contribution in [3.63, 3.8) is 0 Å². The summed E-state index contributed by atoms with van der Waals surface area (Å²) in [4.78, 5) is 0. The molecule has 0 saturated carbocycles. The fourth-order valence-corrected chi connectivity index (χ4v) is 3.07. The van der Waals surface area contributed by atoms with Crippen molar-refractivity contribution in [2.24, 2.45) is 0 Å². The highest BCUT2D eigenvalue weighted by molar-refractivity contribution is 7.99. The lowest BCUT2D eigenvalue weighted by Crippen LogP contribution is -2.20. The molecule has 0 aliphatic heterocycles. The number of tetrazole rings is 1. The van der Waals surface area contributed by atoms with E-state index in [1.165, 1.54) is 11.8 Å². The van der Waals surface area contributed by atoms with Gasteiger partial charge in [0.05, 0.1) is 18.9 Å². The number of methoxy groups -OCH3 is 1. The van der Waals surface area contributed by atoms with E-state index in [1.54, 1.807) is 11.8 Å². The van der Waals surface area contributed by atoms with Crippen molar-refractivity contribution < 1.29 is 14.6 Å². The third-order valence-corrected chi connectivity index (χ3v) is 4.66. The number of benzene rings is 2. The number of aliphatic hydroxyl groups is 1. The molecule has 1 atom stereocenters. The summed E-state index contributed by atoms with van der Waals surface area (Å²) in [6, 6.07) is 15.2. The SMILES string of the molecule is COc1ccc(-n2nnnc2SC[C@H](O)COc2cccc(C)c2)cc1. The molecule has 1 heterocycles. The molecule has 7 nitrogen and oxygen atoms in total. The van der Waals surface area contributed by atoms with E-state index in [-0.39, 0.29) is 6.61 Å². The molecule has 3 rings (SSSR count). The Morgan fingerprint density at radius 2 is 1.96 bits per heavy atom. The zero-order valence-electron chi connectivity index (χ0n) is 14.6. The summed E-state index contributed by atoms with van der Waals surface area (Å²) < 4.78 is 12.4. The van der Waals surface area contributed by atoms with Crippen molar-refractivity contribution in [3.8, 4) is 17.2 Å². The van der Waals surface area contributed by atoms with E-state index in [0.29, 0.717) is 10.9 Å². The van der Waals surface area contributed by atoms with E-state index in [0.717, 1.165) is 22.7 Å². The first-order valence-electron chi connectivity index (χ1n) is 8.09. The summed E-state index contributed by atoms with van der Waals surface area (Å²) in [5, 5.41) is 22.5. The quantitative estimate of drug-likeness (QED) is 0.608. The van der Waals surface area contributed by atoms with Crippen LogP contribution in [0.2, 0.25) is 0 Å². The maximum Gasteiger partial charge on any atom is 0.214 e. The van der Waals surface area contributed by atoms with Gasteiger partial charge in [-0.1, -0.05) is 23.9 Å². The number of hydrogen-bond acceptors (Lipinski definition) is 7. The number of aryl methyl sites for hydroxylation is 1. The highest BCUT2D eigenvalue weighted by atomic mass is 32.2. The van der Waals surface area contributed by atoms with Crippen molar-refractivity contribution >= 4 is 11.8 Å². The molecular weight excluding hydrogens is 352 g/mol. The zero-order valence-corrected chi connectivity index (χ0v) is 15.4. The fraction of sp³-hybridized carbons (Fsp3) is 0.278. The van der Waals surface area contributed by atoms with Gasteiger partial charge in [0.1, 0.15) is 18.1 Å². The van der Waals surface area contributed by atoms with Crippen LogP contribution in [0.25, 0.3) is 5.69 Å². The summed E-state index contributed by atoms with van der Waals surface area (Å²) in [5.74, 6) is 1.93. The van der Waals surface area contributed by atoms with Gasteiger partial charge in [-0.2, -0.15) is 4.68 Å². The van der Waals surface area contributed by atoms with Gasteiger partial charge in [0.25, 0.3) is 0 Å². The van der Waals surface area contributed by atoms with Gasteiger partial charge in [0.2, 0.25) is 5.16 Å². The average Bonchev–Trinajstić information content (AvgIpc) is 3.13. The topological polar surface area (TPSA) is 82.3 Å². The standard InChI is InChI=1S/C18H20N4O3S/c1-13-4-3-5-17(10-13)25-11-15(23)12-26-18-19-20-21-22(18)14-6-8-16(24-2)9-7-14/h3-10,15,23H,11-12H2,1-2H3/t15-/m1/s1. The van der Waals surface area contributed by atoms with Gasteiger partial charge in [0.15, 0.2) is 0 Å². The fourth-order valence-electron chi connectivity index (χ4n) is 2.27. The van der Waals surface area contributed by atoms with Crippen LogP contribution >= 0.6 is 11.8 Å². The van der Waals surface area contributed by atoms with Gasteiger partial charge >= 0.3 is 0 Å². The molecule has 0 radical (unpaired) electrons. The van der Waals surface area contributed by atoms with E-state index in [4.69, 9.17) is 9.47 Å². The van der Waals surface area contributed by atoms with Crippen LogP contribution in [0.4, 0.5) is 0 Å². The minimum Gasteiger partial charge on any atom is -0.497 e. The van der Waals surface area contributed by atoms with Gasteiger partial charge in [0, 0.05) is 5.75 Å². The smallest absolute Gasteiger partial charge is 0.214 e. The van der Waals surface area contributed by atoms with Gasteiger partial charge in [-0.05, 0) is 59.3 Å². The largest absolute Gasteiger partial charge is 0.497 e. The van der Waals surface area contributed by atoms with Crippen molar-refractivity contribution in [3.05, 3.63) is 54.1 Å². The molecule has 3 aromatic rings. The lowest BCUT2D eigenvalue weighted by atomic mass is 10.2. The molecule has 0 amide bonds. The normalized spacial score (nSPS) is 12.0. The maximum absolute atomic E-state index is 10.2. The molecule has 136 valence electrons. The highest BCUT2D eigenvalue weighted by Gasteiger charge is 2.13. The van der Waals surface area contributed by atoms with E-state index in [1.807, 2.05) is 55.5 Å². The number of ether oxygens (including phenoxy) is 2. The van der Waals surface area contributed by atoms with Crippen LogP contribution in [-0.2, 0) is 0 Å². The number of rotatable bonds is 8. The summed E-state index contributed by atoms with van der Waals surface area (Å²) in [6.07, 6.45) is -0.637. The van der Waals surface area contributed by atoms with E-state index in [2.05, 4.69) is 15.5 Å². The van der Waals surface area contributed by atoms with Crippen LogP contribution in [-0.4, -0.2) is 50.9 Å². The van der Waals surface area contributed by atoms with Crippen molar-refractivity contribution in [1.29, 1.82) is 0 Å². The Labute approximate surface area is 155 Å². The van der Waals surface area contributed by atoms with Gasteiger partial charge < -0.3 is 14.6 Å². The Morgan fingerprint density at radius 1 is 1.15 bits per heavy atom. The molecule has 2 aromatic carbocycles. The Hall–Kier alpha value is -2.58. The second kappa shape index (κ2) is 8.68. The van der Waals surface area contributed by atoms with Crippen LogP contribution in [0.15, 0.2) is 53.7 Å². The lowest BCUT2D eigenvalue weighted by Gasteiger charge is -2.12. The Morgan fingerprint density at radius 3 is 2.69 bits per heavy atom. The first kappa shape index (κ1) is 18.2. The van der Waals surface area contributed by atoms with Gasteiger partial charge in [-0.15, -0.1) is 5.10 Å². The van der Waals surface area contributed by atoms with Crippen LogP contribution < -0.4 is 9.47 Å². The molecule has 0 spiro atoms. The molecular formula is C18H20N4O3S. The monoisotopic (exact) mass is 372 g/mol. The van der Waals surface area contributed by atoms with E-state index < -0.39 is 6.10 Å². The Kier molecular flexibility index (Phi) is 6.08. The zero-order chi connectivity index (χ0) is 18.4. The lowest BCUT2D eigenvalue weighted by molar-refractivity contribution is 0.126. The highest BCUT2D eigenvalue weighted by Crippen LogP contribution is 2.21. The number of nitrogens with zero attached hydrogens (tertiary/aromatic N) is 4. The predicted octanol–water partition coefficient (Wildman–Crippen LogP) is 2.51. The minimum absolute atomic E-state index is 0.209. The first-order valence-corrected chi connectivity index (χ1v) is 9.07. The van der Waals surface area contributed by atoms with Crippen LogP contribution in [0.5, 0.6) is 11.5 Å². The average molecular weight is 372 g/mol. The van der Waals surface area contributed by atoms with Gasteiger partial charge in [-0.25, -0.2) is 0 Å². The molecule has 1 N–H and O–H groups in total. The molecule has 0 aliphatic carbocycles. The minimum atomic E-state index is -0.637. The number of aliphatic hydroxyl groups excluding tert-OH is 1. The molecule has 8 heteroatoms. The third-order valence-electron chi connectivity index (χ3n) is 3.59. The number of aromatic nitrogens is 4. The van der Waals surface area contributed by atoms with E-state index in [9.17, 15) is 5.11 Å². The molecule has 26 heavy (non-hydrogen) atoms. The summed E-state index contributed by atoms with van der Waals surface area (Å²) in [5.41, 5.74) is 1.94. The van der Waals surface area contributed by atoms with Gasteiger partial charge in [-0.3, -0.25) is 0 Å². The summed E-state index contributed by atoms with van der Waals surface area (Å²) in [7, 11) is 1.62. The third kappa shape index (κ3) is 4.74. The second-order valence-electron chi connectivity index (χ2n) is 5.66. The second-order valence-corrected chi connectivity index (χ2v) is 6.65. The Bertz CT molecular complexity index is 838. The first-order chi connectivity index (χ1) is 12.7. The number of hydrogen-bond donors (Lipinski definition) is 1. The molecule has 0 saturated heterocycles.